The van der Waals surface area contributed by atoms with Gasteiger partial charge in [0.2, 0.25) is 5.76 Å². The third-order valence-electron chi connectivity index (χ3n) is 5.68. The van der Waals surface area contributed by atoms with E-state index < -0.39 is 5.97 Å². The number of furan rings is 1. The molecule has 0 amide bonds. The zero-order valence-electron chi connectivity index (χ0n) is 13.8. The minimum absolute atomic E-state index is 0.152. The van der Waals surface area contributed by atoms with E-state index >= 15 is 0 Å². The van der Waals surface area contributed by atoms with Crippen molar-refractivity contribution in [2.45, 2.75) is 43.7 Å². The van der Waals surface area contributed by atoms with Crippen LogP contribution < -0.4 is 0 Å². The van der Waals surface area contributed by atoms with Crippen molar-refractivity contribution in [3.63, 3.8) is 0 Å². The molecule has 124 valence electrons. The molecule has 0 radical (unpaired) electrons. The fraction of sp³-hybridized carbons (Fsp3) is 0.611. The van der Waals surface area contributed by atoms with Crippen LogP contribution in [0.3, 0.4) is 0 Å². The summed E-state index contributed by atoms with van der Waals surface area (Å²) in [7, 11) is 3.18. The molecule has 5 nitrogen and oxygen atoms in total. The Labute approximate surface area is 136 Å². The van der Waals surface area contributed by atoms with Crippen molar-refractivity contribution >= 4 is 5.97 Å². The number of aryl methyl sites for hydroxylation is 1. The number of carbonyl (C=O) groups excluding carboxylic acids is 1. The van der Waals surface area contributed by atoms with Gasteiger partial charge < -0.3 is 13.9 Å². The summed E-state index contributed by atoms with van der Waals surface area (Å²) in [6.45, 7) is 2.13. The van der Waals surface area contributed by atoms with Gasteiger partial charge in [0, 0.05) is 32.1 Å². The van der Waals surface area contributed by atoms with Crippen LogP contribution in [0.1, 0.15) is 47.6 Å². The number of carbonyl (C=O) groups is 1. The summed E-state index contributed by atoms with van der Waals surface area (Å²) in [6, 6.07) is 1.91. The van der Waals surface area contributed by atoms with Gasteiger partial charge in [0.25, 0.3) is 0 Å². The predicted octanol–water partition coefficient (Wildman–Crippen LogP) is 2.65. The average Bonchev–Trinajstić information content (AvgIpc) is 3.13. The second-order valence-corrected chi connectivity index (χ2v) is 6.67. The van der Waals surface area contributed by atoms with Gasteiger partial charge in [-0.25, -0.2) is 4.79 Å². The van der Waals surface area contributed by atoms with Gasteiger partial charge in [-0.3, -0.25) is 4.90 Å². The molecule has 1 fully saturated rings. The van der Waals surface area contributed by atoms with E-state index in [1.807, 2.05) is 6.07 Å². The van der Waals surface area contributed by atoms with Gasteiger partial charge >= 0.3 is 5.97 Å². The summed E-state index contributed by atoms with van der Waals surface area (Å²) in [4.78, 5) is 14.5. The molecule has 1 aromatic rings. The Morgan fingerprint density at radius 2 is 2.22 bits per heavy atom. The molecule has 23 heavy (non-hydrogen) atoms. The highest BCUT2D eigenvalue weighted by Gasteiger charge is 2.52. The Balaban J connectivity index is 1.87. The van der Waals surface area contributed by atoms with E-state index in [2.05, 4.69) is 11.0 Å². The molecule has 1 aromatic heterocycles. The van der Waals surface area contributed by atoms with Crippen LogP contribution in [0, 0.1) is 0 Å². The summed E-state index contributed by atoms with van der Waals surface area (Å²) < 4.78 is 16.4. The quantitative estimate of drug-likeness (QED) is 0.620. The fourth-order valence-corrected chi connectivity index (χ4v) is 4.61. The predicted molar refractivity (Wildman–Crippen MR) is 84.4 cm³/mol. The number of fused-ring (bicyclic) bond motifs is 1. The van der Waals surface area contributed by atoms with Gasteiger partial charge in [0.1, 0.15) is 5.76 Å². The van der Waals surface area contributed by atoms with E-state index in [9.17, 15) is 4.79 Å². The zero-order valence-corrected chi connectivity index (χ0v) is 13.8. The molecule has 1 saturated heterocycles. The summed E-state index contributed by atoms with van der Waals surface area (Å²) in [5.41, 5.74) is 2.47. The van der Waals surface area contributed by atoms with Gasteiger partial charge in [-0.2, -0.15) is 0 Å². The summed E-state index contributed by atoms with van der Waals surface area (Å²) in [5.74, 6) is 0.862. The van der Waals surface area contributed by atoms with Crippen molar-refractivity contribution in [2.24, 2.45) is 0 Å². The maximum atomic E-state index is 11.9. The first-order chi connectivity index (χ1) is 11.2. The van der Waals surface area contributed by atoms with Crippen molar-refractivity contribution in [3.05, 3.63) is 34.8 Å². The molecule has 4 rings (SSSR count). The molecule has 5 heteroatoms. The average molecular weight is 317 g/mol. The van der Waals surface area contributed by atoms with Crippen LogP contribution in [0.5, 0.6) is 0 Å². The highest BCUT2D eigenvalue weighted by atomic mass is 16.5. The number of rotatable bonds is 2. The molecule has 1 aliphatic carbocycles. The van der Waals surface area contributed by atoms with E-state index in [0.29, 0.717) is 5.76 Å². The van der Waals surface area contributed by atoms with Crippen molar-refractivity contribution in [3.8, 4) is 0 Å². The Morgan fingerprint density at radius 3 is 3.00 bits per heavy atom. The lowest BCUT2D eigenvalue weighted by atomic mass is 9.74. The lowest BCUT2D eigenvalue weighted by molar-refractivity contribution is 0.0346. The molecule has 3 heterocycles. The zero-order chi connectivity index (χ0) is 16.0. The lowest BCUT2D eigenvalue weighted by Gasteiger charge is -2.43. The van der Waals surface area contributed by atoms with Crippen LogP contribution >= 0.6 is 0 Å². The van der Waals surface area contributed by atoms with Crippen LogP contribution in [-0.4, -0.2) is 44.3 Å². The van der Waals surface area contributed by atoms with E-state index in [4.69, 9.17) is 13.9 Å². The SMILES string of the molecule is COC(=O)c1cc2c(o1)CCCN1CCC3=CCC(OC)CC321. The topological polar surface area (TPSA) is 51.9 Å². The van der Waals surface area contributed by atoms with Crippen molar-refractivity contribution in [1.82, 2.24) is 4.90 Å². The van der Waals surface area contributed by atoms with E-state index in [-0.39, 0.29) is 11.6 Å². The number of ether oxygens (including phenoxy) is 2. The van der Waals surface area contributed by atoms with Crippen molar-refractivity contribution in [1.29, 1.82) is 0 Å². The molecule has 2 aliphatic heterocycles. The van der Waals surface area contributed by atoms with Gasteiger partial charge in [-0.05, 0) is 37.4 Å². The molecule has 3 aliphatic rings. The maximum absolute atomic E-state index is 11.9. The van der Waals surface area contributed by atoms with Crippen LogP contribution in [-0.2, 0) is 21.4 Å². The van der Waals surface area contributed by atoms with Crippen molar-refractivity contribution < 1.29 is 18.7 Å². The second-order valence-electron chi connectivity index (χ2n) is 6.67. The van der Waals surface area contributed by atoms with Crippen LogP contribution in [0.25, 0.3) is 0 Å². The van der Waals surface area contributed by atoms with E-state index in [1.165, 1.54) is 12.7 Å². The monoisotopic (exact) mass is 317 g/mol. The first-order valence-corrected chi connectivity index (χ1v) is 8.38. The molecule has 0 N–H and O–H groups in total. The minimum atomic E-state index is -0.399. The van der Waals surface area contributed by atoms with Crippen LogP contribution in [0.2, 0.25) is 0 Å². The number of hydrogen-bond donors (Lipinski definition) is 0. The second kappa shape index (κ2) is 5.49. The Hall–Kier alpha value is -1.59. The number of nitrogens with zero attached hydrogens (tertiary/aromatic N) is 1. The number of esters is 1. The van der Waals surface area contributed by atoms with Gasteiger partial charge in [-0.15, -0.1) is 0 Å². The molecular weight excluding hydrogens is 294 g/mol. The van der Waals surface area contributed by atoms with Crippen LogP contribution in [0.4, 0.5) is 0 Å². The van der Waals surface area contributed by atoms with E-state index in [0.717, 1.165) is 56.5 Å². The number of methoxy groups -OCH3 is 2. The van der Waals surface area contributed by atoms with Gasteiger partial charge in [0.05, 0.1) is 18.8 Å². The summed E-state index contributed by atoms with van der Waals surface area (Å²) in [6.07, 6.45) is 7.47. The molecule has 2 atom stereocenters. The smallest absolute Gasteiger partial charge is 0.373 e. The van der Waals surface area contributed by atoms with Gasteiger partial charge in [-0.1, -0.05) is 6.08 Å². The summed E-state index contributed by atoms with van der Waals surface area (Å²) >= 11 is 0. The Bertz CT molecular complexity index is 662. The fourth-order valence-electron chi connectivity index (χ4n) is 4.61. The molecule has 2 unspecified atom stereocenters. The first-order valence-electron chi connectivity index (χ1n) is 8.38. The molecular formula is C18H23NO4. The lowest BCUT2D eigenvalue weighted by Crippen LogP contribution is -2.46. The highest BCUT2D eigenvalue weighted by Crippen LogP contribution is 2.52. The van der Waals surface area contributed by atoms with Gasteiger partial charge in [0.15, 0.2) is 0 Å². The van der Waals surface area contributed by atoms with E-state index in [1.54, 1.807) is 7.11 Å². The minimum Gasteiger partial charge on any atom is -0.463 e. The third kappa shape index (κ3) is 2.10. The van der Waals surface area contributed by atoms with Crippen molar-refractivity contribution in [2.75, 3.05) is 27.3 Å². The molecule has 0 saturated carbocycles. The third-order valence-corrected chi connectivity index (χ3v) is 5.68. The highest BCUT2D eigenvalue weighted by molar-refractivity contribution is 5.86. The summed E-state index contributed by atoms with van der Waals surface area (Å²) in [5, 5.41) is 0. The maximum Gasteiger partial charge on any atom is 0.373 e. The molecule has 0 bridgehead atoms. The Morgan fingerprint density at radius 1 is 1.35 bits per heavy atom. The van der Waals surface area contributed by atoms with Crippen LogP contribution in [0.15, 0.2) is 22.1 Å². The Kier molecular flexibility index (Phi) is 3.58. The number of hydrogen-bond acceptors (Lipinski definition) is 5. The molecule has 0 aromatic carbocycles. The largest absolute Gasteiger partial charge is 0.463 e. The molecule has 1 spiro atoms. The standard InChI is InChI=1S/C18H23NO4/c1-21-13-6-5-12-7-9-19-8-3-4-15-14(18(12,19)11-13)10-16(23-15)17(20)22-2/h5,10,13H,3-4,6-9,11H2,1-2H3. The first kappa shape index (κ1) is 15.0. The normalized spacial score (nSPS) is 30.0.